The van der Waals surface area contributed by atoms with Crippen molar-refractivity contribution in [2.75, 3.05) is 11.9 Å². The average molecular weight is 319 g/mol. The molecule has 1 aliphatic rings. The maximum Gasteiger partial charge on any atom is 0.227 e. The van der Waals surface area contributed by atoms with Crippen LogP contribution in [-0.4, -0.2) is 12.5 Å². The molecule has 0 spiro atoms. The van der Waals surface area contributed by atoms with Gasteiger partial charge in [0.15, 0.2) is 5.82 Å². The maximum atomic E-state index is 13.3. The molecule has 3 nitrogen and oxygen atoms in total. The number of halogens is 3. The van der Waals surface area contributed by atoms with E-state index in [2.05, 4.69) is 5.32 Å². The third-order valence-corrected chi connectivity index (χ3v) is 4.35. The molecule has 1 aliphatic carbocycles. The van der Waals surface area contributed by atoms with Gasteiger partial charge in [-0.1, -0.05) is 36.0 Å². The van der Waals surface area contributed by atoms with Crippen LogP contribution in [0.25, 0.3) is 0 Å². The van der Waals surface area contributed by atoms with Crippen molar-refractivity contribution in [2.24, 2.45) is 17.6 Å². The number of benzene rings is 1. The molecule has 0 aliphatic heterocycles. The van der Waals surface area contributed by atoms with E-state index in [1.54, 1.807) is 0 Å². The number of anilines is 1. The first-order valence-corrected chi connectivity index (χ1v) is 7.44. The third-order valence-electron chi connectivity index (χ3n) is 3.80. The molecule has 0 saturated heterocycles. The summed E-state index contributed by atoms with van der Waals surface area (Å²) in [5.74, 6) is -0.672. The van der Waals surface area contributed by atoms with Crippen LogP contribution in [0.2, 0.25) is 10.0 Å². The van der Waals surface area contributed by atoms with Crippen molar-refractivity contribution in [3.8, 4) is 0 Å². The van der Waals surface area contributed by atoms with Crippen LogP contribution in [0.4, 0.5) is 10.1 Å². The Labute approximate surface area is 127 Å². The Morgan fingerprint density at radius 3 is 2.50 bits per heavy atom. The van der Waals surface area contributed by atoms with Gasteiger partial charge in [0.25, 0.3) is 0 Å². The highest BCUT2D eigenvalue weighted by Crippen LogP contribution is 2.32. The van der Waals surface area contributed by atoms with E-state index in [-0.39, 0.29) is 27.8 Å². The first kappa shape index (κ1) is 15.5. The van der Waals surface area contributed by atoms with Gasteiger partial charge in [-0.25, -0.2) is 4.39 Å². The highest BCUT2D eigenvalue weighted by atomic mass is 35.5. The number of hydrogen-bond donors (Lipinski definition) is 2. The molecule has 0 heterocycles. The average Bonchev–Trinajstić information content (AvgIpc) is 2.44. The smallest absolute Gasteiger partial charge is 0.227 e. The van der Waals surface area contributed by atoms with Crippen LogP contribution in [0.1, 0.15) is 25.7 Å². The van der Waals surface area contributed by atoms with Gasteiger partial charge >= 0.3 is 0 Å². The normalized spacial score (nSPS) is 22.6. The molecule has 2 atom stereocenters. The quantitative estimate of drug-likeness (QED) is 0.832. The summed E-state index contributed by atoms with van der Waals surface area (Å²) < 4.78 is 13.3. The molecule has 2 rings (SSSR count). The Hall–Kier alpha value is -0.840. The standard InChI is InChI=1S/C14H17Cl2FN2O/c15-11-5-9(6-12(16)13(11)17)19-14(20)10-4-2-1-3-8(10)7-18/h5-6,8,10H,1-4,7,18H2,(H,19,20). The van der Waals surface area contributed by atoms with E-state index >= 15 is 0 Å². The molecule has 3 N–H and O–H groups in total. The Morgan fingerprint density at radius 1 is 1.30 bits per heavy atom. The van der Waals surface area contributed by atoms with Crippen molar-refractivity contribution < 1.29 is 9.18 Å². The van der Waals surface area contributed by atoms with Crippen molar-refractivity contribution in [1.29, 1.82) is 0 Å². The predicted molar refractivity (Wildman–Crippen MR) is 79.6 cm³/mol. The Kier molecular flexibility index (Phi) is 5.24. The second-order valence-corrected chi connectivity index (χ2v) is 5.94. The molecule has 110 valence electrons. The minimum Gasteiger partial charge on any atom is -0.330 e. The number of carbonyl (C=O) groups excluding carboxylic acids is 1. The van der Waals surface area contributed by atoms with Crippen molar-refractivity contribution in [3.05, 3.63) is 28.0 Å². The summed E-state index contributed by atoms with van der Waals surface area (Å²) in [6.07, 6.45) is 3.94. The van der Waals surface area contributed by atoms with E-state index in [0.29, 0.717) is 12.2 Å². The fraction of sp³-hybridized carbons (Fsp3) is 0.500. The lowest BCUT2D eigenvalue weighted by Crippen LogP contribution is -2.35. The summed E-state index contributed by atoms with van der Waals surface area (Å²) in [4.78, 5) is 12.3. The van der Waals surface area contributed by atoms with Gasteiger partial charge in [0, 0.05) is 11.6 Å². The first-order chi connectivity index (χ1) is 9.52. The van der Waals surface area contributed by atoms with E-state index in [1.807, 2.05) is 0 Å². The Morgan fingerprint density at radius 2 is 1.90 bits per heavy atom. The summed E-state index contributed by atoms with van der Waals surface area (Å²) in [6.45, 7) is 0.503. The lowest BCUT2D eigenvalue weighted by atomic mass is 9.78. The largest absolute Gasteiger partial charge is 0.330 e. The highest BCUT2D eigenvalue weighted by molar-refractivity contribution is 6.35. The van der Waals surface area contributed by atoms with Gasteiger partial charge < -0.3 is 11.1 Å². The monoisotopic (exact) mass is 318 g/mol. The lowest BCUT2D eigenvalue weighted by molar-refractivity contribution is -0.122. The maximum absolute atomic E-state index is 13.3. The van der Waals surface area contributed by atoms with Crippen LogP contribution < -0.4 is 11.1 Å². The molecule has 20 heavy (non-hydrogen) atoms. The Balaban J connectivity index is 2.11. The summed E-state index contributed by atoms with van der Waals surface area (Å²) >= 11 is 11.4. The van der Waals surface area contributed by atoms with Gasteiger partial charge in [-0.15, -0.1) is 0 Å². The van der Waals surface area contributed by atoms with Gasteiger partial charge in [0.05, 0.1) is 10.0 Å². The number of nitrogens with one attached hydrogen (secondary N) is 1. The van der Waals surface area contributed by atoms with E-state index < -0.39 is 5.82 Å². The molecule has 0 aromatic heterocycles. The van der Waals surface area contributed by atoms with Crippen LogP contribution in [-0.2, 0) is 4.79 Å². The molecule has 1 aromatic rings. The summed E-state index contributed by atoms with van der Waals surface area (Å²) in [5.41, 5.74) is 6.13. The zero-order chi connectivity index (χ0) is 14.7. The zero-order valence-corrected chi connectivity index (χ0v) is 12.5. The highest BCUT2D eigenvalue weighted by Gasteiger charge is 2.30. The first-order valence-electron chi connectivity index (χ1n) is 6.68. The van der Waals surface area contributed by atoms with Crippen molar-refractivity contribution in [1.82, 2.24) is 0 Å². The van der Waals surface area contributed by atoms with Gasteiger partial charge in [-0.3, -0.25) is 4.79 Å². The van der Waals surface area contributed by atoms with Gasteiger partial charge in [-0.2, -0.15) is 0 Å². The second kappa shape index (κ2) is 6.74. The molecule has 1 fully saturated rings. The number of hydrogen-bond acceptors (Lipinski definition) is 2. The van der Waals surface area contributed by atoms with Crippen LogP contribution >= 0.6 is 23.2 Å². The molecule has 6 heteroatoms. The van der Waals surface area contributed by atoms with Crippen molar-refractivity contribution in [3.63, 3.8) is 0 Å². The van der Waals surface area contributed by atoms with Gasteiger partial charge in [-0.05, 0) is 37.4 Å². The van der Waals surface area contributed by atoms with Crippen LogP contribution in [0, 0.1) is 17.7 Å². The van der Waals surface area contributed by atoms with Crippen molar-refractivity contribution >= 4 is 34.8 Å². The second-order valence-electron chi connectivity index (χ2n) is 5.13. The van der Waals surface area contributed by atoms with Gasteiger partial charge in [0.2, 0.25) is 5.91 Å². The molecule has 1 aromatic carbocycles. The molecular formula is C14H17Cl2FN2O. The summed E-state index contributed by atoms with van der Waals surface area (Å²) in [7, 11) is 0. The van der Waals surface area contributed by atoms with E-state index in [4.69, 9.17) is 28.9 Å². The molecular weight excluding hydrogens is 302 g/mol. The minimum absolute atomic E-state index is 0.0982. The molecule has 2 unspecified atom stereocenters. The van der Waals surface area contributed by atoms with E-state index in [0.717, 1.165) is 25.7 Å². The number of amides is 1. The zero-order valence-electron chi connectivity index (χ0n) is 11.0. The van der Waals surface area contributed by atoms with Crippen LogP contribution in [0.3, 0.4) is 0 Å². The number of carbonyl (C=O) groups is 1. The predicted octanol–water partition coefficient (Wildman–Crippen LogP) is 3.84. The number of nitrogens with two attached hydrogens (primary N) is 1. The molecule has 1 amide bonds. The van der Waals surface area contributed by atoms with Crippen molar-refractivity contribution in [2.45, 2.75) is 25.7 Å². The molecule has 0 radical (unpaired) electrons. The fourth-order valence-corrected chi connectivity index (χ4v) is 3.18. The van der Waals surface area contributed by atoms with E-state index in [9.17, 15) is 9.18 Å². The molecule has 0 bridgehead atoms. The fourth-order valence-electron chi connectivity index (χ4n) is 2.70. The Bertz CT molecular complexity index is 487. The number of rotatable bonds is 3. The van der Waals surface area contributed by atoms with Gasteiger partial charge in [0.1, 0.15) is 0 Å². The summed E-state index contributed by atoms with van der Waals surface area (Å²) in [6, 6.07) is 2.72. The van der Waals surface area contributed by atoms with E-state index in [1.165, 1.54) is 12.1 Å². The molecule has 1 saturated carbocycles. The lowest BCUT2D eigenvalue weighted by Gasteiger charge is -2.29. The van der Waals surface area contributed by atoms with Crippen LogP contribution in [0.15, 0.2) is 12.1 Å². The minimum atomic E-state index is -0.677. The SMILES string of the molecule is NCC1CCCCC1C(=O)Nc1cc(Cl)c(F)c(Cl)c1. The third kappa shape index (κ3) is 3.43. The summed E-state index contributed by atoms with van der Waals surface area (Å²) in [5, 5.41) is 2.55. The topological polar surface area (TPSA) is 55.1 Å². The van der Waals surface area contributed by atoms with Crippen LogP contribution in [0.5, 0.6) is 0 Å².